The van der Waals surface area contributed by atoms with Gasteiger partial charge >= 0.3 is 13.8 Å². The van der Waals surface area contributed by atoms with Crippen molar-refractivity contribution in [3.8, 4) is 0 Å². The highest BCUT2D eigenvalue weighted by atomic mass is 31.2. The van der Waals surface area contributed by atoms with Crippen LogP contribution in [0.4, 0.5) is 0 Å². The molecule has 0 fully saturated rings. The smallest absolute Gasteiger partial charge is 0.457 e. The van der Waals surface area contributed by atoms with Gasteiger partial charge in [0, 0.05) is 13.0 Å². The van der Waals surface area contributed by atoms with Gasteiger partial charge in [-0.2, -0.15) is 0 Å². The Morgan fingerprint density at radius 3 is 1.60 bits per heavy atom. The summed E-state index contributed by atoms with van der Waals surface area (Å²) in [6.07, 6.45) is 43.1. The lowest BCUT2D eigenvalue weighted by molar-refractivity contribution is -0.870. The molecule has 0 spiro atoms. The number of carbonyl (C=O) groups excluding carboxylic acids is 1. The van der Waals surface area contributed by atoms with Gasteiger partial charge in [0.25, 0.3) is 0 Å². The van der Waals surface area contributed by atoms with Gasteiger partial charge < -0.3 is 18.9 Å². The number of quaternary nitrogens is 1. The minimum Gasteiger partial charge on any atom is -0.457 e. The van der Waals surface area contributed by atoms with Crippen molar-refractivity contribution < 1.29 is 37.3 Å². The quantitative estimate of drug-likeness (QED) is 0.0218. The first-order valence-corrected chi connectivity index (χ1v) is 23.2. The van der Waals surface area contributed by atoms with Crippen molar-refractivity contribution in [1.82, 2.24) is 0 Å². The van der Waals surface area contributed by atoms with E-state index in [1.54, 1.807) is 0 Å². The first-order chi connectivity index (χ1) is 25.6. The van der Waals surface area contributed by atoms with Gasteiger partial charge in [-0.25, -0.2) is 4.57 Å². The van der Waals surface area contributed by atoms with E-state index in [0.717, 1.165) is 57.8 Å². The van der Waals surface area contributed by atoms with E-state index in [0.29, 0.717) is 24.1 Å². The zero-order chi connectivity index (χ0) is 39.1. The Morgan fingerprint density at radius 1 is 0.585 bits per heavy atom. The van der Waals surface area contributed by atoms with Gasteiger partial charge in [0.05, 0.1) is 34.4 Å². The average molecular weight is 771 g/mol. The lowest BCUT2D eigenvalue weighted by Crippen LogP contribution is -2.37. The summed E-state index contributed by atoms with van der Waals surface area (Å²) in [5.41, 5.74) is 0. The van der Waals surface area contributed by atoms with Crippen LogP contribution in [0, 0.1) is 0 Å². The first-order valence-electron chi connectivity index (χ1n) is 21.7. The number of phosphoric ester groups is 1. The molecule has 8 nitrogen and oxygen atoms in total. The van der Waals surface area contributed by atoms with Gasteiger partial charge in [-0.3, -0.25) is 13.8 Å². The number of nitrogens with zero attached hydrogens (tertiary/aromatic N) is 1. The molecule has 9 heteroatoms. The molecule has 0 aliphatic heterocycles. The SMILES string of the molecule is CCCC/C=C\C/C=C\CCCCCCCC(=O)OC(COCCCCCCCC/C=C\CCCCCCCCC)COP(=O)(O)OCC[N+](C)(C)C. The van der Waals surface area contributed by atoms with Crippen molar-refractivity contribution >= 4 is 13.8 Å². The van der Waals surface area contributed by atoms with Crippen molar-refractivity contribution in [1.29, 1.82) is 0 Å². The van der Waals surface area contributed by atoms with Crippen LogP contribution in [-0.4, -0.2) is 75.6 Å². The van der Waals surface area contributed by atoms with Crippen LogP contribution in [0.3, 0.4) is 0 Å². The normalized spacial score (nSPS) is 14.2. The minimum absolute atomic E-state index is 0.0843. The number of esters is 1. The van der Waals surface area contributed by atoms with Gasteiger partial charge in [0.15, 0.2) is 0 Å². The molecule has 0 radical (unpaired) electrons. The summed E-state index contributed by atoms with van der Waals surface area (Å²) in [5, 5.41) is 0. The molecule has 53 heavy (non-hydrogen) atoms. The third kappa shape index (κ3) is 41.7. The molecule has 0 aromatic carbocycles. The summed E-state index contributed by atoms with van der Waals surface area (Å²) < 4.78 is 35.0. The molecular weight excluding hydrogens is 685 g/mol. The highest BCUT2D eigenvalue weighted by Gasteiger charge is 2.26. The average Bonchev–Trinajstić information content (AvgIpc) is 3.11. The van der Waals surface area contributed by atoms with E-state index < -0.39 is 13.9 Å². The third-order valence-corrected chi connectivity index (χ3v) is 10.2. The largest absolute Gasteiger partial charge is 0.472 e. The molecule has 0 heterocycles. The molecule has 0 aliphatic rings. The van der Waals surface area contributed by atoms with E-state index in [9.17, 15) is 14.3 Å². The highest BCUT2D eigenvalue weighted by Crippen LogP contribution is 2.43. The fourth-order valence-electron chi connectivity index (χ4n) is 5.74. The Labute approximate surface area is 327 Å². The molecule has 2 unspecified atom stereocenters. The van der Waals surface area contributed by atoms with Crippen LogP contribution in [0.1, 0.15) is 181 Å². The predicted molar refractivity (Wildman–Crippen MR) is 224 cm³/mol. The Balaban J connectivity index is 4.26. The van der Waals surface area contributed by atoms with Gasteiger partial charge in [-0.05, 0) is 64.2 Å². The zero-order valence-corrected chi connectivity index (χ0v) is 36.1. The third-order valence-electron chi connectivity index (χ3n) is 9.17. The number of unbranched alkanes of at least 4 members (excludes halogenated alkanes) is 20. The highest BCUT2D eigenvalue weighted by molar-refractivity contribution is 7.47. The predicted octanol–water partition coefficient (Wildman–Crippen LogP) is 12.6. The van der Waals surface area contributed by atoms with Gasteiger partial charge in [0.1, 0.15) is 19.3 Å². The number of hydrogen-bond acceptors (Lipinski definition) is 6. The van der Waals surface area contributed by atoms with Gasteiger partial charge in [0.2, 0.25) is 0 Å². The molecule has 0 aromatic heterocycles. The number of carbonyl (C=O) groups is 1. The number of allylic oxidation sites excluding steroid dienone is 6. The van der Waals surface area contributed by atoms with E-state index in [1.165, 1.54) is 103 Å². The van der Waals surface area contributed by atoms with Crippen LogP contribution in [0.15, 0.2) is 36.5 Å². The summed E-state index contributed by atoms with van der Waals surface area (Å²) in [6.45, 7) is 5.55. The lowest BCUT2D eigenvalue weighted by Gasteiger charge is -2.24. The minimum atomic E-state index is -4.28. The maximum Gasteiger partial charge on any atom is 0.472 e. The number of phosphoric acid groups is 1. The molecule has 0 aliphatic carbocycles. The Bertz CT molecular complexity index is 947. The van der Waals surface area contributed by atoms with Crippen LogP contribution in [0.25, 0.3) is 0 Å². The molecule has 0 saturated heterocycles. The Hall–Kier alpha value is -1.28. The fourth-order valence-corrected chi connectivity index (χ4v) is 6.48. The summed E-state index contributed by atoms with van der Waals surface area (Å²) >= 11 is 0. The van der Waals surface area contributed by atoms with Gasteiger partial charge in [-0.1, -0.05) is 147 Å². The molecule has 1 N–H and O–H groups in total. The monoisotopic (exact) mass is 771 g/mol. The molecule has 0 bridgehead atoms. The summed E-state index contributed by atoms with van der Waals surface area (Å²) in [5.74, 6) is -0.330. The van der Waals surface area contributed by atoms with E-state index in [4.69, 9.17) is 18.5 Å². The topological polar surface area (TPSA) is 91.3 Å². The zero-order valence-electron chi connectivity index (χ0n) is 35.3. The standard InChI is InChI=1S/C44H84NO7P/c1-6-8-10-12-14-16-18-20-22-23-24-26-28-30-32-34-36-39-49-41-43(42-51-53(47,48)50-40-38-45(3,4)5)52-44(46)37-35-33-31-29-27-25-21-19-17-15-13-11-9-7-2/h13,15,19,21-23,43H,6-12,14,16-18,20,24-42H2,1-5H3/p+1/b15-13-,21-19-,23-22-. The summed E-state index contributed by atoms with van der Waals surface area (Å²) in [4.78, 5) is 22.8. The number of likely N-dealkylation sites (N-methyl/N-ethyl adjacent to an activating group) is 1. The van der Waals surface area contributed by atoms with Crippen LogP contribution >= 0.6 is 7.82 Å². The second kappa shape index (κ2) is 37.6. The Kier molecular flexibility index (Phi) is 36.7. The van der Waals surface area contributed by atoms with Crippen molar-refractivity contribution in [2.45, 2.75) is 187 Å². The maximum atomic E-state index is 12.7. The maximum absolute atomic E-state index is 12.7. The first kappa shape index (κ1) is 51.7. The van der Waals surface area contributed by atoms with Crippen LogP contribution < -0.4 is 0 Å². The van der Waals surface area contributed by atoms with E-state index in [1.807, 2.05) is 21.1 Å². The van der Waals surface area contributed by atoms with E-state index >= 15 is 0 Å². The van der Waals surface area contributed by atoms with Crippen molar-refractivity contribution in [2.75, 3.05) is 54.1 Å². The van der Waals surface area contributed by atoms with Crippen molar-refractivity contribution in [3.63, 3.8) is 0 Å². The molecular formula is C44H85NO7P+. The molecule has 312 valence electrons. The number of ether oxygens (including phenoxy) is 2. The van der Waals surface area contributed by atoms with Crippen LogP contribution in [-0.2, 0) is 27.9 Å². The Morgan fingerprint density at radius 2 is 1.06 bits per heavy atom. The molecule has 0 rings (SSSR count). The van der Waals surface area contributed by atoms with Crippen LogP contribution in [0.5, 0.6) is 0 Å². The van der Waals surface area contributed by atoms with Gasteiger partial charge in [-0.15, -0.1) is 0 Å². The molecule has 2 atom stereocenters. The fraction of sp³-hybridized carbons (Fsp3) is 0.841. The van der Waals surface area contributed by atoms with E-state index in [2.05, 4.69) is 50.3 Å². The summed E-state index contributed by atoms with van der Waals surface area (Å²) in [7, 11) is 1.65. The molecule has 0 amide bonds. The summed E-state index contributed by atoms with van der Waals surface area (Å²) in [6, 6.07) is 0. The molecule has 0 saturated carbocycles. The number of rotatable bonds is 40. The molecule has 0 aromatic rings. The van der Waals surface area contributed by atoms with Crippen molar-refractivity contribution in [2.24, 2.45) is 0 Å². The second-order valence-corrected chi connectivity index (χ2v) is 17.2. The second-order valence-electron chi connectivity index (χ2n) is 15.7. The van der Waals surface area contributed by atoms with Crippen LogP contribution in [0.2, 0.25) is 0 Å². The number of hydrogen-bond donors (Lipinski definition) is 1. The van der Waals surface area contributed by atoms with E-state index in [-0.39, 0.29) is 25.8 Å². The van der Waals surface area contributed by atoms with Crippen molar-refractivity contribution in [3.05, 3.63) is 36.5 Å². The lowest BCUT2D eigenvalue weighted by atomic mass is 10.1.